The lowest BCUT2D eigenvalue weighted by Gasteiger charge is -2.28. The minimum atomic E-state index is 0.947. The van der Waals surface area contributed by atoms with Gasteiger partial charge in [0.2, 0.25) is 0 Å². The van der Waals surface area contributed by atoms with Crippen LogP contribution in [0.2, 0.25) is 0 Å². The maximum Gasteiger partial charge on any atom is 0.274 e. The first-order chi connectivity index (χ1) is 10.8. The first kappa shape index (κ1) is 14.9. The van der Waals surface area contributed by atoms with Crippen molar-refractivity contribution in [3.63, 3.8) is 0 Å². The fraction of sp³-hybridized carbons (Fsp3) is 0.294. The molecule has 1 aromatic heterocycles. The Morgan fingerprint density at radius 3 is 2.45 bits per heavy atom. The predicted octanol–water partition coefficient (Wildman–Crippen LogP) is 2.38. The molecule has 0 saturated carbocycles. The van der Waals surface area contributed by atoms with Crippen LogP contribution in [-0.2, 0) is 0 Å². The van der Waals surface area contributed by atoms with Gasteiger partial charge < -0.3 is 0 Å². The Kier molecular flexibility index (Phi) is 4.96. The fourth-order valence-corrected chi connectivity index (χ4v) is 2.88. The molecular formula is C17H21N4S+. The minimum absolute atomic E-state index is 0.947. The number of piperazine rings is 1. The van der Waals surface area contributed by atoms with Crippen LogP contribution in [0.15, 0.2) is 58.7 Å². The average Bonchev–Trinajstić information content (AvgIpc) is 2.61. The number of H-pyrrole nitrogens is 1. The molecule has 4 nitrogen and oxygen atoms in total. The lowest BCUT2D eigenvalue weighted by Crippen LogP contribution is -2.45. The molecule has 0 unspecified atom stereocenters. The number of pyridine rings is 1. The van der Waals surface area contributed by atoms with Gasteiger partial charge in [-0.1, -0.05) is 18.2 Å². The van der Waals surface area contributed by atoms with Gasteiger partial charge in [0.05, 0.1) is 25.5 Å². The summed E-state index contributed by atoms with van der Waals surface area (Å²) >= 11 is 1.76. The van der Waals surface area contributed by atoms with E-state index in [1.807, 2.05) is 18.5 Å². The molecule has 1 N–H and O–H groups in total. The van der Waals surface area contributed by atoms with E-state index in [1.54, 1.807) is 11.8 Å². The van der Waals surface area contributed by atoms with Gasteiger partial charge in [0.1, 0.15) is 13.1 Å². The molecule has 0 amide bonds. The standard InChI is InChI=1S/C17H20N4S/c1-22-16-7-5-15(6-8-16)14-19-21-12-10-20(11-13-21)17-4-2-3-9-18-17/h2-9,14H,10-13H2,1H3/p+1/b19-14-. The van der Waals surface area contributed by atoms with Gasteiger partial charge in [-0.2, -0.15) is 5.10 Å². The molecule has 1 aromatic carbocycles. The molecule has 5 heteroatoms. The van der Waals surface area contributed by atoms with Gasteiger partial charge in [0.25, 0.3) is 5.82 Å². The van der Waals surface area contributed by atoms with E-state index in [4.69, 9.17) is 0 Å². The van der Waals surface area contributed by atoms with Crippen LogP contribution < -0.4 is 9.88 Å². The third kappa shape index (κ3) is 3.80. The van der Waals surface area contributed by atoms with Crippen LogP contribution in [0.25, 0.3) is 0 Å². The van der Waals surface area contributed by atoms with Crippen molar-refractivity contribution in [2.45, 2.75) is 4.90 Å². The normalized spacial score (nSPS) is 15.5. The average molecular weight is 313 g/mol. The van der Waals surface area contributed by atoms with Crippen LogP contribution in [0.4, 0.5) is 5.82 Å². The van der Waals surface area contributed by atoms with Crippen LogP contribution in [-0.4, -0.2) is 43.7 Å². The highest BCUT2D eigenvalue weighted by molar-refractivity contribution is 7.98. The SMILES string of the molecule is CSc1ccc(/C=N\N2CCN(c3cccc[nH+]3)CC2)cc1. The van der Waals surface area contributed by atoms with E-state index in [-0.39, 0.29) is 0 Å². The third-order valence-corrected chi connectivity index (χ3v) is 4.52. The van der Waals surface area contributed by atoms with Gasteiger partial charge in [-0.3, -0.25) is 9.91 Å². The Labute approximate surface area is 135 Å². The van der Waals surface area contributed by atoms with Crippen LogP contribution in [0.1, 0.15) is 5.56 Å². The lowest BCUT2D eigenvalue weighted by molar-refractivity contribution is -0.364. The van der Waals surface area contributed by atoms with Gasteiger partial charge in [0, 0.05) is 11.0 Å². The second-order valence-electron chi connectivity index (χ2n) is 5.21. The summed E-state index contributed by atoms with van der Waals surface area (Å²) in [7, 11) is 0. The van der Waals surface area contributed by atoms with Crippen molar-refractivity contribution in [2.75, 3.05) is 37.3 Å². The summed E-state index contributed by atoms with van der Waals surface area (Å²) in [5, 5.41) is 6.74. The Morgan fingerprint density at radius 2 is 1.82 bits per heavy atom. The molecule has 0 spiro atoms. The first-order valence-corrected chi connectivity index (χ1v) is 8.72. The zero-order valence-electron chi connectivity index (χ0n) is 12.8. The number of thioether (sulfide) groups is 1. The van der Waals surface area contributed by atoms with Crippen LogP contribution in [0.3, 0.4) is 0 Å². The molecule has 1 saturated heterocycles. The molecule has 0 radical (unpaired) electrons. The molecule has 1 aliphatic rings. The predicted molar refractivity (Wildman–Crippen MR) is 92.6 cm³/mol. The van der Waals surface area contributed by atoms with Gasteiger partial charge in [-0.05, 0) is 30.0 Å². The summed E-state index contributed by atoms with van der Waals surface area (Å²) in [6, 6.07) is 14.7. The molecule has 0 atom stereocenters. The van der Waals surface area contributed by atoms with Crippen molar-refractivity contribution in [3.05, 3.63) is 54.2 Å². The Bertz CT molecular complexity index is 604. The molecule has 0 bridgehead atoms. The molecule has 22 heavy (non-hydrogen) atoms. The summed E-state index contributed by atoms with van der Waals surface area (Å²) in [4.78, 5) is 6.93. The number of benzene rings is 1. The number of rotatable bonds is 4. The highest BCUT2D eigenvalue weighted by atomic mass is 32.2. The third-order valence-electron chi connectivity index (χ3n) is 3.78. The zero-order chi connectivity index (χ0) is 15.2. The van der Waals surface area contributed by atoms with Crippen LogP contribution in [0.5, 0.6) is 0 Å². The summed E-state index contributed by atoms with van der Waals surface area (Å²) in [6.07, 6.45) is 6.01. The van der Waals surface area contributed by atoms with Gasteiger partial charge in [0.15, 0.2) is 0 Å². The van der Waals surface area contributed by atoms with Crippen molar-refractivity contribution in [2.24, 2.45) is 5.10 Å². The van der Waals surface area contributed by atoms with Crippen LogP contribution in [0, 0.1) is 0 Å². The molecule has 3 rings (SSSR count). The molecule has 2 aromatic rings. The number of hydrogen-bond donors (Lipinski definition) is 0. The molecule has 0 aliphatic carbocycles. The van der Waals surface area contributed by atoms with E-state index in [1.165, 1.54) is 10.7 Å². The van der Waals surface area contributed by atoms with Crippen molar-refractivity contribution in [1.82, 2.24) is 5.01 Å². The second-order valence-corrected chi connectivity index (χ2v) is 6.09. The molecular weight excluding hydrogens is 292 g/mol. The molecule has 114 valence electrons. The van der Waals surface area contributed by atoms with Gasteiger partial charge >= 0.3 is 0 Å². The quantitative estimate of drug-likeness (QED) is 0.642. The van der Waals surface area contributed by atoms with Crippen molar-refractivity contribution in [3.8, 4) is 0 Å². The number of anilines is 1. The highest BCUT2D eigenvalue weighted by Gasteiger charge is 2.21. The van der Waals surface area contributed by atoms with Crippen LogP contribution >= 0.6 is 11.8 Å². The molecule has 2 heterocycles. The number of nitrogens with zero attached hydrogens (tertiary/aromatic N) is 3. The Hall–Kier alpha value is -2.01. The second kappa shape index (κ2) is 7.31. The maximum atomic E-state index is 4.60. The summed E-state index contributed by atoms with van der Waals surface area (Å²) in [5.41, 5.74) is 1.15. The lowest BCUT2D eigenvalue weighted by atomic mass is 10.2. The van der Waals surface area contributed by atoms with Gasteiger partial charge in [-0.15, -0.1) is 11.8 Å². The number of aromatic amines is 1. The Balaban J connectivity index is 1.54. The van der Waals surface area contributed by atoms with Crippen molar-refractivity contribution < 1.29 is 4.98 Å². The molecule has 1 fully saturated rings. The smallest absolute Gasteiger partial charge is 0.274 e. The van der Waals surface area contributed by atoms with E-state index in [9.17, 15) is 0 Å². The Morgan fingerprint density at radius 1 is 1.05 bits per heavy atom. The maximum absolute atomic E-state index is 4.60. The van der Waals surface area contributed by atoms with E-state index in [0.717, 1.165) is 31.7 Å². The number of aromatic nitrogens is 1. The zero-order valence-corrected chi connectivity index (χ0v) is 13.6. The topological polar surface area (TPSA) is 33.0 Å². The highest BCUT2D eigenvalue weighted by Crippen LogP contribution is 2.14. The molecule has 1 aliphatic heterocycles. The first-order valence-electron chi connectivity index (χ1n) is 7.50. The number of hydrazone groups is 1. The largest absolute Gasteiger partial charge is 0.289 e. The number of hydrogen-bond acceptors (Lipinski definition) is 4. The minimum Gasteiger partial charge on any atom is -0.289 e. The van der Waals surface area contributed by atoms with E-state index < -0.39 is 0 Å². The van der Waals surface area contributed by atoms with E-state index in [0.29, 0.717) is 0 Å². The number of nitrogens with one attached hydrogen (secondary N) is 1. The van der Waals surface area contributed by atoms with Crippen molar-refractivity contribution in [1.29, 1.82) is 0 Å². The van der Waals surface area contributed by atoms with Crippen molar-refractivity contribution >= 4 is 23.8 Å². The summed E-state index contributed by atoms with van der Waals surface area (Å²) in [5.74, 6) is 1.18. The van der Waals surface area contributed by atoms with E-state index >= 15 is 0 Å². The van der Waals surface area contributed by atoms with Gasteiger partial charge in [-0.25, -0.2) is 4.98 Å². The monoisotopic (exact) mass is 313 g/mol. The summed E-state index contributed by atoms with van der Waals surface area (Å²) in [6.45, 7) is 3.87. The van der Waals surface area contributed by atoms with E-state index in [2.05, 4.69) is 62.6 Å². The summed E-state index contributed by atoms with van der Waals surface area (Å²) < 4.78 is 0. The fourth-order valence-electron chi connectivity index (χ4n) is 2.47.